The number of hydrogen-bond donors (Lipinski definition) is 0. The average molecular weight is 292 g/mol. The van der Waals surface area contributed by atoms with Gasteiger partial charge in [-0.2, -0.15) is 0 Å². The fourth-order valence-electron chi connectivity index (χ4n) is 2.09. The normalized spacial score (nSPS) is 11.2. The zero-order valence-electron chi connectivity index (χ0n) is 12.5. The van der Waals surface area contributed by atoms with Crippen LogP contribution >= 0.6 is 0 Å². The topological polar surface area (TPSA) is 57.9 Å². The van der Waals surface area contributed by atoms with Crippen LogP contribution in [-0.2, 0) is 9.47 Å². The van der Waals surface area contributed by atoms with Crippen molar-refractivity contribution in [1.29, 1.82) is 0 Å². The van der Waals surface area contributed by atoms with Crippen molar-refractivity contribution in [3.8, 4) is 5.75 Å². The van der Waals surface area contributed by atoms with Crippen LogP contribution in [0, 0.1) is 6.92 Å². The van der Waals surface area contributed by atoms with Crippen LogP contribution in [0.4, 0.5) is 0 Å². The first-order valence-electron chi connectivity index (χ1n) is 7.04. The van der Waals surface area contributed by atoms with Crippen molar-refractivity contribution < 1.29 is 18.6 Å². The summed E-state index contributed by atoms with van der Waals surface area (Å²) in [5, 5.41) is 0.896. The quantitative estimate of drug-likeness (QED) is 0.580. The van der Waals surface area contributed by atoms with E-state index < -0.39 is 6.29 Å². The van der Waals surface area contributed by atoms with Gasteiger partial charge in [-0.25, -0.2) is 4.79 Å². The minimum Gasteiger partial charge on any atom is -0.488 e. The molecule has 2 aromatic rings. The van der Waals surface area contributed by atoms with E-state index >= 15 is 0 Å². The molecule has 5 heteroatoms. The fraction of sp³-hybridized carbons (Fsp3) is 0.438. The van der Waals surface area contributed by atoms with Crippen LogP contribution < -0.4 is 10.4 Å². The molecule has 0 spiro atoms. The smallest absolute Gasteiger partial charge is 0.336 e. The van der Waals surface area contributed by atoms with Crippen LogP contribution in [0.3, 0.4) is 0 Å². The van der Waals surface area contributed by atoms with E-state index in [9.17, 15) is 4.79 Å². The number of rotatable bonds is 7. The Hall–Kier alpha value is -1.85. The molecule has 114 valence electrons. The average Bonchev–Trinajstić information content (AvgIpc) is 2.45. The molecule has 0 amide bonds. The van der Waals surface area contributed by atoms with E-state index in [1.54, 1.807) is 12.1 Å². The second-order valence-electron chi connectivity index (χ2n) is 4.56. The lowest BCUT2D eigenvalue weighted by Crippen LogP contribution is -2.25. The minimum atomic E-state index is -0.404. The second-order valence-corrected chi connectivity index (χ2v) is 4.56. The van der Waals surface area contributed by atoms with Gasteiger partial charge >= 0.3 is 5.63 Å². The minimum absolute atomic E-state index is 0.281. The number of hydrogen-bond acceptors (Lipinski definition) is 5. The Bertz CT molecular complexity index is 641. The monoisotopic (exact) mass is 292 g/mol. The number of aryl methyl sites for hydroxylation is 1. The molecule has 0 fully saturated rings. The maximum atomic E-state index is 11.3. The van der Waals surface area contributed by atoms with E-state index in [2.05, 4.69) is 0 Å². The summed E-state index contributed by atoms with van der Waals surface area (Å²) in [7, 11) is 0. The third-order valence-corrected chi connectivity index (χ3v) is 3.01. The molecule has 0 aliphatic carbocycles. The van der Waals surface area contributed by atoms with Crippen molar-refractivity contribution in [3.05, 3.63) is 40.2 Å². The maximum absolute atomic E-state index is 11.3. The van der Waals surface area contributed by atoms with Gasteiger partial charge in [0.2, 0.25) is 0 Å². The molecule has 0 unspecified atom stereocenters. The summed E-state index contributed by atoms with van der Waals surface area (Å²) in [5.41, 5.74) is 1.12. The largest absolute Gasteiger partial charge is 0.488 e. The molecule has 0 aliphatic rings. The zero-order valence-corrected chi connectivity index (χ0v) is 12.5. The Balaban J connectivity index is 2.16. The molecular formula is C16H20O5. The molecule has 1 heterocycles. The van der Waals surface area contributed by atoms with Crippen LogP contribution in [0.25, 0.3) is 11.0 Å². The molecule has 5 nitrogen and oxygen atoms in total. The van der Waals surface area contributed by atoms with Gasteiger partial charge < -0.3 is 18.6 Å². The maximum Gasteiger partial charge on any atom is 0.336 e. The number of ether oxygens (including phenoxy) is 3. The molecule has 0 aliphatic heterocycles. The van der Waals surface area contributed by atoms with Crippen molar-refractivity contribution in [1.82, 2.24) is 0 Å². The van der Waals surface area contributed by atoms with Gasteiger partial charge in [-0.15, -0.1) is 0 Å². The van der Waals surface area contributed by atoms with Crippen LogP contribution in [0.1, 0.15) is 19.4 Å². The third kappa shape index (κ3) is 4.06. The van der Waals surface area contributed by atoms with Gasteiger partial charge in [0.05, 0.1) is 0 Å². The summed E-state index contributed by atoms with van der Waals surface area (Å²) in [6.07, 6.45) is -0.404. The molecule has 0 saturated heterocycles. The summed E-state index contributed by atoms with van der Waals surface area (Å²) >= 11 is 0. The lowest BCUT2D eigenvalue weighted by molar-refractivity contribution is -0.152. The fourth-order valence-corrected chi connectivity index (χ4v) is 2.09. The van der Waals surface area contributed by atoms with Crippen LogP contribution in [0.2, 0.25) is 0 Å². The molecule has 0 N–H and O–H groups in total. The van der Waals surface area contributed by atoms with Crippen LogP contribution in [0.15, 0.2) is 33.5 Å². The van der Waals surface area contributed by atoms with E-state index in [-0.39, 0.29) is 12.2 Å². The molecule has 1 aromatic heterocycles. The molecular weight excluding hydrogens is 272 g/mol. The Morgan fingerprint density at radius 1 is 1.14 bits per heavy atom. The molecule has 0 radical (unpaired) electrons. The van der Waals surface area contributed by atoms with Crippen LogP contribution in [-0.4, -0.2) is 26.1 Å². The van der Waals surface area contributed by atoms with E-state index in [1.807, 2.05) is 26.8 Å². The molecule has 2 rings (SSSR count). The van der Waals surface area contributed by atoms with Gasteiger partial charge in [0.25, 0.3) is 0 Å². The van der Waals surface area contributed by atoms with Gasteiger partial charge in [-0.3, -0.25) is 0 Å². The summed E-state index contributed by atoms with van der Waals surface area (Å²) in [4.78, 5) is 11.3. The number of fused-ring (bicyclic) bond motifs is 1. The summed E-state index contributed by atoms with van der Waals surface area (Å²) < 4.78 is 21.7. The Labute approximate surface area is 123 Å². The highest BCUT2D eigenvalue weighted by molar-refractivity contribution is 5.81. The second kappa shape index (κ2) is 7.24. The molecule has 0 bridgehead atoms. The Kier molecular flexibility index (Phi) is 5.36. The Morgan fingerprint density at radius 3 is 2.52 bits per heavy atom. The van der Waals surface area contributed by atoms with Gasteiger partial charge in [0.15, 0.2) is 6.29 Å². The first-order chi connectivity index (χ1) is 10.1. The highest BCUT2D eigenvalue weighted by Crippen LogP contribution is 2.24. The van der Waals surface area contributed by atoms with E-state index in [4.69, 9.17) is 18.6 Å². The predicted octanol–water partition coefficient (Wildman–Crippen LogP) is 2.88. The van der Waals surface area contributed by atoms with Gasteiger partial charge in [-0.05, 0) is 38.5 Å². The third-order valence-electron chi connectivity index (χ3n) is 3.01. The highest BCUT2D eigenvalue weighted by atomic mass is 16.7. The predicted molar refractivity (Wildman–Crippen MR) is 79.8 cm³/mol. The van der Waals surface area contributed by atoms with Gasteiger partial charge in [-0.1, -0.05) is 0 Å². The van der Waals surface area contributed by atoms with Gasteiger partial charge in [0, 0.05) is 30.7 Å². The van der Waals surface area contributed by atoms with Crippen LogP contribution in [0.5, 0.6) is 5.75 Å². The first-order valence-corrected chi connectivity index (χ1v) is 7.04. The zero-order chi connectivity index (χ0) is 15.2. The summed E-state index contributed by atoms with van der Waals surface area (Å²) in [6, 6.07) is 6.77. The van der Waals surface area contributed by atoms with Crippen molar-refractivity contribution >= 4 is 11.0 Å². The lowest BCUT2D eigenvalue weighted by Gasteiger charge is -2.17. The van der Waals surface area contributed by atoms with E-state index in [0.717, 1.165) is 10.9 Å². The molecule has 0 saturated carbocycles. The van der Waals surface area contributed by atoms with Gasteiger partial charge in [0.1, 0.15) is 17.9 Å². The van der Waals surface area contributed by atoms with E-state index in [1.165, 1.54) is 6.07 Å². The molecule has 0 atom stereocenters. The lowest BCUT2D eigenvalue weighted by atomic mass is 10.1. The van der Waals surface area contributed by atoms with Crippen molar-refractivity contribution in [2.24, 2.45) is 0 Å². The van der Waals surface area contributed by atoms with Crippen molar-refractivity contribution in [3.63, 3.8) is 0 Å². The molecule has 1 aromatic carbocycles. The SMILES string of the molecule is CCOC(COc1cc(C)c2ccc(=O)oc2c1)OCC. The summed E-state index contributed by atoms with van der Waals surface area (Å²) in [6.45, 7) is 7.14. The Morgan fingerprint density at radius 2 is 1.86 bits per heavy atom. The summed E-state index contributed by atoms with van der Waals surface area (Å²) in [5.74, 6) is 0.624. The van der Waals surface area contributed by atoms with Crippen molar-refractivity contribution in [2.75, 3.05) is 19.8 Å². The first kappa shape index (κ1) is 15.5. The number of benzene rings is 1. The van der Waals surface area contributed by atoms with Crippen molar-refractivity contribution in [2.45, 2.75) is 27.1 Å². The highest BCUT2D eigenvalue weighted by Gasteiger charge is 2.10. The molecule has 21 heavy (non-hydrogen) atoms. The standard InChI is InChI=1S/C16H20O5/c1-4-18-16(19-5-2)10-20-12-8-11(3)13-6-7-15(17)21-14(13)9-12/h6-9,16H,4-5,10H2,1-3H3. The van der Waals surface area contributed by atoms with E-state index in [0.29, 0.717) is 24.5 Å².